The van der Waals surface area contributed by atoms with Gasteiger partial charge in [-0.05, 0) is 25.7 Å². The van der Waals surface area contributed by atoms with Crippen molar-refractivity contribution < 1.29 is 9.26 Å². The molecule has 0 atom stereocenters. The Morgan fingerprint density at radius 1 is 1.53 bits per heavy atom. The molecule has 0 aromatic carbocycles. The average molecular weight is 210 g/mol. The zero-order valence-electron chi connectivity index (χ0n) is 9.38. The molecule has 84 valence electrons. The van der Waals surface area contributed by atoms with Crippen molar-refractivity contribution in [2.45, 2.75) is 44.6 Å². The molecule has 4 heteroatoms. The topological polar surface area (TPSA) is 61.3 Å². The van der Waals surface area contributed by atoms with E-state index in [0.717, 1.165) is 36.9 Å². The summed E-state index contributed by atoms with van der Waals surface area (Å²) >= 11 is 0. The first kappa shape index (κ1) is 10.5. The number of hydrogen-bond acceptors (Lipinski definition) is 4. The molecule has 1 aromatic heterocycles. The number of nitrogens with two attached hydrogens (primary N) is 1. The Bertz CT molecular complexity index is 337. The van der Waals surface area contributed by atoms with E-state index in [1.54, 1.807) is 7.11 Å². The SMILES string of the molecule is CCc1c(CC2(OC)CCC2)noc1N. The standard InChI is InChI=1S/C11H18N2O2/c1-3-8-9(13-15-10(8)12)7-11(14-2)5-4-6-11/h3-7,12H2,1-2H3. The van der Waals surface area contributed by atoms with Gasteiger partial charge in [0.15, 0.2) is 0 Å². The van der Waals surface area contributed by atoms with E-state index in [0.29, 0.717) is 5.88 Å². The van der Waals surface area contributed by atoms with Crippen LogP contribution in [0.15, 0.2) is 4.52 Å². The molecule has 2 N–H and O–H groups in total. The van der Waals surface area contributed by atoms with Crippen molar-refractivity contribution in [2.24, 2.45) is 0 Å². The highest BCUT2D eigenvalue weighted by Crippen LogP contribution is 2.38. The van der Waals surface area contributed by atoms with E-state index in [1.807, 2.05) is 0 Å². The van der Waals surface area contributed by atoms with Crippen LogP contribution in [-0.2, 0) is 17.6 Å². The van der Waals surface area contributed by atoms with E-state index < -0.39 is 0 Å². The quantitative estimate of drug-likeness (QED) is 0.824. The third kappa shape index (κ3) is 1.74. The Labute approximate surface area is 89.8 Å². The maximum Gasteiger partial charge on any atom is 0.225 e. The monoisotopic (exact) mass is 210 g/mol. The van der Waals surface area contributed by atoms with Crippen LogP contribution in [0.3, 0.4) is 0 Å². The highest BCUT2D eigenvalue weighted by Gasteiger charge is 2.38. The van der Waals surface area contributed by atoms with Gasteiger partial charge in [-0.3, -0.25) is 0 Å². The summed E-state index contributed by atoms with van der Waals surface area (Å²) in [5, 5.41) is 4.02. The Hall–Kier alpha value is -1.03. The second-order valence-electron chi connectivity index (χ2n) is 4.24. The first-order valence-corrected chi connectivity index (χ1v) is 5.49. The molecule has 0 amide bonds. The number of aromatic nitrogens is 1. The van der Waals surface area contributed by atoms with Gasteiger partial charge in [0.25, 0.3) is 0 Å². The third-order valence-corrected chi connectivity index (χ3v) is 3.44. The van der Waals surface area contributed by atoms with E-state index in [-0.39, 0.29) is 5.60 Å². The number of ether oxygens (including phenoxy) is 1. The van der Waals surface area contributed by atoms with Gasteiger partial charge in [-0.2, -0.15) is 0 Å². The molecule has 1 aliphatic carbocycles. The normalized spacial score (nSPS) is 18.8. The van der Waals surface area contributed by atoms with E-state index in [1.165, 1.54) is 6.42 Å². The van der Waals surface area contributed by atoms with Crippen molar-refractivity contribution in [3.8, 4) is 0 Å². The average Bonchev–Trinajstić information content (AvgIpc) is 2.53. The van der Waals surface area contributed by atoms with Crippen LogP contribution >= 0.6 is 0 Å². The number of anilines is 1. The maximum absolute atomic E-state index is 5.70. The molecule has 4 nitrogen and oxygen atoms in total. The lowest BCUT2D eigenvalue weighted by Crippen LogP contribution is -2.41. The molecule has 1 heterocycles. The van der Waals surface area contributed by atoms with Crippen LogP contribution < -0.4 is 5.73 Å². The zero-order valence-corrected chi connectivity index (χ0v) is 9.38. The Kier molecular flexibility index (Phi) is 2.69. The summed E-state index contributed by atoms with van der Waals surface area (Å²) in [5.74, 6) is 0.457. The van der Waals surface area contributed by atoms with Gasteiger partial charge in [0.2, 0.25) is 5.88 Å². The van der Waals surface area contributed by atoms with Gasteiger partial charge in [-0.1, -0.05) is 12.1 Å². The lowest BCUT2D eigenvalue weighted by molar-refractivity contribution is -0.0718. The first-order chi connectivity index (χ1) is 7.21. The summed E-state index contributed by atoms with van der Waals surface area (Å²) in [7, 11) is 1.77. The molecule has 0 radical (unpaired) electrons. The van der Waals surface area contributed by atoms with Crippen LogP contribution in [0.4, 0.5) is 5.88 Å². The summed E-state index contributed by atoms with van der Waals surface area (Å²) < 4.78 is 10.6. The van der Waals surface area contributed by atoms with Gasteiger partial charge in [0.05, 0.1) is 11.3 Å². The first-order valence-electron chi connectivity index (χ1n) is 5.49. The largest absolute Gasteiger partial charge is 0.378 e. The van der Waals surface area contributed by atoms with Gasteiger partial charge in [-0.25, -0.2) is 0 Å². The minimum atomic E-state index is -0.00671. The van der Waals surface area contributed by atoms with E-state index in [9.17, 15) is 0 Å². The van der Waals surface area contributed by atoms with Crippen LogP contribution in [0.5, 0.6) is 0 Å². The Morgan fingerprint density at radius 2 is 2.27 bits per heavy atom. The minimum absolute atomic E-state index is 0.00671. The van der Waals surface area contributed by atoms with Crippen LogP contribution in [0.25, 0.3) is 0 Å². The molecular weight excluding hydrogens is 192 g/mol. The maximum atomic E-state index is 5.70. The lowest BCUT2D eigenvalue weighted by atomic mass is 9.76. The second kappa shape index (κ2) is 3.85. The van der Waals surface area contributed by atoms with Gasteiger partial charge in [0.1, 0.15) is 0 Å². The van der Waals surface area contributed by atoms with Crippen molar-refractivity contribution in [3.63, 3.8) is 0 Å². The highest BCUT2D eigenvalue weighted by atomic mass is 16.5. The molecule has 15 heavy (non-hydrogen) atoms. The van der Waals surface area contributed by atoms with E-state index in [4.69, 9.17) is 15.0 Å². The van der Waals surface area contributed by atoms with Crippen molar-refractivity contribution in [1.29, 1.82) is 0 Å². The predicted molar refractivity (Wildman–Crippen MR) is 57.6 cm³/mol. The van der Waals surface area contributed by atoms with Crippen LogP contribution in [-0.4, -0.2) is 17.9 Å². The third-order valence-electron chi connectivity index (χ3n) is 3.44. The molecular formula is C11H18N2O2. The Morgan fingerprint density at radius 3 is 2.73 bits per heavy atom. The highest BCUT2D eigenvalue weighted by molar-refractivity contribution is 5.39. The summed E-state index contributed by atoms with van der Waals surface area (Å²) in [5.41, 5.74) is 7.70. The number of rotatable bonds is 4. The summed E-state index contributed by atoms with van der Waals surface area (Å²) in [6, 6.07) is 0. The summed E-state index contributed by atoms with van der Waals surface area (Å²) in [6.07, 6.45) is 5.15. The molecule has 0 aliphatic heterocycles. The molecule has 1 saturated carbocycles. The lowest BCUT2D eigenvalue weighted by Gasteiger charge is -2.40. The van der Waals surface area contributed by atoms with Crippen molar-refractivity contribution in [3.05, 3.63) is 11.3 Å². The molecule has 2 rings (SSSR count). The molecule has 0 spiro atoms. The molecule has 0 unspecified atom stereocenters. The Balaban J connectivity index is 2.16. The molecule has 0 saturated heterocycles. The fourth-order valence-electron chi connectivity index (χ4n) is 2.20. The van der Waals surface area contributed by atoms with Gasteiger partial charge in [0, 0.05) is 19.1 Å². The smallest absolute Gasteiger partial charge is 0.225 e. The molecule has 1 aliphatic rings. The van der Waals surface area contributed by atoms with E-state index >= 15 is 0 Å². The predicted octanol–water partition coefficient (Wildman–Crippen LogP) is 1.93. The molecule has 1 fully saturated rings. The number of methoxy groups -OCH3 is 1. The summed E-state index contributed by atoms with van der Waals surface area (Å²) in [4.78, 5) is 0. The van der Waals surface area contributed by atoms with Crippen LogP contribution in [0.1, 0.15) is 37.4 Å². The van der Waals surface area contributed by atoms with Crippen LogP contribution in [0.2, 0.25) is 0 Å². The fourth-order valence-corrected chi connectivity index (χ4v) is 2.20. The zero-order chi connectivity index (χ0) is 10.9. The molecule has 0 bridgehead atoms. The summed E-state index contributed by atoms with van der Waals surface area (Å²) in [6.45, 7) is 2.06. The second-order valence-corrected chi connectivity index (χ2v) is 4.24. The minimum Gasteiger partial charge on any atom is -0.378 e. The number of hydrogen-bond donors (Lipinski definition) is 1. The van der Waals surface area contributed by atoms with Crippen molar-refractivity contribution in [1.82, 2.24) is 5.16 Å². The molecule has 1 aromatic rings. The van der Waals surface area contributed by atoms with Gasteiger partial charge in [-0.15, -0.1) is 0 Å². The van der Waals surface area contributed by atoms with Crippen LogP contribution in [0, 0.1) is 0 Å². The van der Waals surface area contributed by atoms with Crippen molar-refractivity contribution >= 4 is 5.88 Å². The number of nitrogens with zero attached hydrogens (tertiary/aromatic N) is 1. The van der Waals surface area contributed by atoms with Gasteiger partial charge < -0.3 is 15.0 Å². The van der Waals surface area contributed by atoms with E-state index in [2.05, 4.69) is 12.1 Å². The van der Waals surface area contributed by atoms with Gasteiger partial charge >= 0.3 is 0 Å². The number of nitrogen functional groups attached to an aromatic ring is 1. The van der Waals surface area contributed by atoms with Crippen molar-refractivity contribution in [2.75, 3.05) is 12.8 Å². The fraction of sp³-hybridized carbons (Fsp3) is 0.727.